The number of ether oxygens (including phenoxy) is 3. The number of hydrogen-bond donors (Lipinski definition) is 3. The first-order valence-electron chi connectivity index (χ1n) is 10.6. The zero-order chi connectivity index (χ0) is 25.0. The molecule has 0 aliphatic carbocycles. The van der Waals surface area contributed by atoms with Crippen molar-refractivity contribution in [3.05, 3.63) is 63.9 Å². The van der Waals surface area contributed by atoms with Crippen LogP contribution in [0.2, 0.25) is 5.02 Å². The highest BCUT2D eigenvalue weighted by Gasteiger charge is 2.46. The number of carbonyl (C=O) groups excluding carboxylic acids is 2. The number of Topliss-reactive ketones (excluding diaryl/α,β-unsaturated/α-hetero) is 1. The summed E-state index contributed by atoms with van der Waals surface area (Å²) in [6.07, 6.45) is -1.84. The van der Waals surface area contributed by atoms with Crippen molar-refractivity contribution < 1.29 is 38.4 Å². The largest absolute Gasteiger partial charge is 0.485 e. The molecule has 1 heterocycles. The van der Waals surface area contributed by atoms with Gasteiger partial charge in [-0.15, -0.1) is 0 Å². The lowest BCUT2D eigenvalue weighted by Crippen LogP contribution is -2.55. The van der Waals surface area contributed by atoms with E-state index in [9.17, 15) is 19.1 Å². The van der Waals surface area contributed by atoms with E-state index in [2.05, 4.69) is 5.32 Å². The number of fused-ring (bicyclic) bond motifs is 1. The minimum absolute atomic E-state index is 0.140. The number of aliphatic hydroxyl groups excluding tert-OH is 2. The van der Waals surface area contributed by atoms with E-state index in [0.717, 1.165) is 6.07 Å². The fourth-order valence-electron chi connectivity index (χ4n) is 3.68. The van der Waals surface area contributed by atoms with Crippen LogP contribution in [0.15, 0.2) is 36.4 Å². The van der Waals surface area contributed by atoms with Gasteiger partial charge in [0.2, 0.25) is 0 Å². The second-order valence-electron chi connectivity index (χ2n) is 8.51. The van der Waals surface area contributed by atoms with E-state index in [1.165, 1.54) is 19.1 Å². The average Bonchev–Trinajstić information content (AvgIpc) is 2.78. The Bertz CT molecular complexity index is 1060. The number of carbonyl (C=O) groups is 2. The standard InChI is InChI=1S/C24H27ClFNO7/c1-13(29)14-5-7-20-17(8-14)21(27-23(31)15-4-6-19(26)18(25)9-15)22(24(2,3)34-20)33-12-32-11-16(30)10-28/h4-9,16,21-22,28,30H,10-12H2,1-3H3,(H,27,31)/t16-,21+,22+/m1/s1. The fourth-order valence-corrected chi connectivity index (χ4v) is 3.86. The van der Waals surface area contributed by atoms with Crippen LogP contribution in [0.25, 0.3) is 0 Å². The van der Waals surface area contributed by atoms with E-state index < -0.39 is 42.2 Å². The third kappa shape index (κ3) is 5.92. The van der Waals surface area contributed by atoms with Gasteiger partial charge < -0.3 is 29.7 Å². The van der Waals surface area contributed by atoms with E-state index >= 15 is 0 Å². The molecular formula is C24H27ClFNO7. The highest BCUT2D eigenvalue weighted by atomic mass is 35.5. The van der Waals surface area contributed by atoms with Crippen LogP contribution in [0.4, 0.5) is 4.39 Å². The molecule has 184 valence electrons. The van der Waals surface area contributed by atoms with Gasteiger partial charge in [0, 0.05) is 16.7 Å². The fraction of sp³-hybridized carbons (Fsp3) is 0.417. The van der Waals surface area contributed by atoms with Crippen molar-refractivity contribution in [3.63, 3.8) is 0 Å². The normalized spacial score (nSPS) is 19.6. The minimum Gasteiger partial charge on any atom is -0.485 e. The molecule has 0 spiro atoms. The Morgan fingerprint density at radius 3 is 2.59 bits per heavy atom. The number of hydrogen-bond acceptors (Lipinski definition) is 7. The van der Waals surface area contributed by atoms with E-state index in [1.807, 2.05) is 0 Å². The molecule has 2 aromatic rings. The average molecular weight is 496 g/mol. The number of benzene rings is 2. The lowest BCUT2D eigenvalue weighted by atomic mass is 9.85. The van der Waals surface area contributed by atoms with Crippen LogP contribution in [0.3, 0.4) is 0 Å². The molecule has 2 aromatic carbocycles. The maximum atomic E-state index is 13.6. The van der Waals surface area contributed by atoms with Gasteiger partial charge in [0.1, 0.15) is 36.2 Å². The van der Waals surface area contributed by atoms with Crippen molar-refractivity contribution in [2.75, 3.05) is 20.0 Å². The summed E-state index contributed by atoms with van der Waals surface area (Å²) >= 11 is 5.84. The molecule has 1 aliphatic rings. The maximum absolute atomic E-state index is 13.6. The second-order valence-corrected chi connectivity index (χ2v) is 8.91. The van der Waals surface area contributed by atoms with E-state index in [0.29, 0.717) is 16.9 Å². The third-order valence-electron chi connectivity index (χ3n) is 5.43. The topological polar surface area (TPSA) is 114 Å². The zero-order valence-corrected chi connectivity index (χ0v) is 19.8. The Labute approximate surface area is 201 Å². The van der Waals surface area contributed by atoms with Gasteiger partial charge in [-0.3, -0.25) is 9.59 Å². The number of amides is 1. The quantitative estimate of drug-likeness (QED) is 0.278. The maximum Gasteiger partial charge on any atom is 0.251 e. The molecule has 34 heavy (non-hydrogen) atoms. The molecule has 1 aliphatic heterocycles. The molecule has 3 rings (SSSR count). The molecular weight excluding hydrogens is 469 g/mol. The van der Waals surface area contributed by atoms with Crippen LogP contribution in [0.1, 0.15) is 53.1 Å². The van der Waals surface area contributed by atoms with Crippen LogP contribution in [0, 0.1) is 5.82 Å². The first kappa shape index (κ1) is 26.1. The van der Waals surface area contributed by atoms with Crippen molar-refractivity contribution in [1.29, 1.82) is 0 Å². The summed E-state index contributed by atoms with van der Waals surface area (Å²) in [6.45, 7) is 4.10. The third-order valence-corrected chi connectivity index (χ3v) is 5.72. The van der Waals surface area contributed by atoms with Gasteiger partial charge >= 0.3 is 0 Å². The van der Waals surface area contributed by atoms with Crippen LogP contribution in [-0.2, 0) is 9.47 Å². The summed E-state index contributed by atoms with van der Waals surface area (Å²) in [5.41, 5.74) is 0.143. The van der Waals surface area contributed by atoms with E-state index in [4.69, 9.17) is 30.9 Å². The Hall–Kier alpha value is -2.56. The molecule has 8 nitrogen and oxygen atoms in total. The zero-order valence-electron chi connectivity index (χ0n) is 19.0. The number of aliphatic hydroxyl groups is 2. The molecule has 0 aromatic heterocycles. The molecule has 0 unspecified atom stereocenters. The Balaban J connectivity index is 1.94. The smallest absolute Gasteiger partial charge is 0.251 e. The lowest BCUT2D eigenvalue weighted by Gasteiger charge is -2.44. The van der Waals surface area contributed by atoms with Gasteiger partial charge in [-0.2, -0.15) is 0 Å². The Kier molecular flexibility index (Phi) is 8.27. The summed E-state index contributed by atoms with van der Waals surface area (Å²) in [4.78, 5) is 25.1. The predicted octanol–water partition coefficient (Wildman–Crippen LogP) is 3.04. The predicted molar refractivity (Wildman–Crippen MR) is 122 cm³/mol. The summed E-state index contributed by atoms with van der Waals surface area (Å²) in [6, 6.07) is 7.77. The van der Waals surface area contributed by atoms with Crippen molar-refractivity contribution in [3.8, 4) is 5.75 Å². The summed E-state index contributed by atoms with van der Waals surface area (Å²) in [5, 5.41) is 21.1. The molecule has 0 radical (unpaired) electrons. The van der Waals surface area contributed by atoms with Crippen molar-refractivity contribution in [2.45, 2.75) is 44.6 Å². The second kappa shape index (κ2) is 10.8. The molecule has 10 heteroatoms. The van der Waals surface area contributed by atoms with Crippen LogP contribution >= 0.6 is 11.6 Å². The molecule has 0 saturated carbocycles. The number of nitrogens with one attached hydrogen (secondary N) is 1. The van der Waals surface area contributed by atoms with Crippen LogP contribution in [0.5, 0.6) is 5.75 Å². The van der Waals surface area contributed by atoms with Crippen molar-refractivity contribution >= 4 is 23.3 Å². The Morgan fingerprint density at radius 1 is 1.24 bits per heavy atom. The highest BCUT2D eigenvalue weighted by Crippen LogP contribution is 2.42. The molecule has 0 fully saturated rings. The first-order chi connectivity index (χ1) is 16.0. The van der Waals surface area contributed by atoms with Gasteiger partial charge in [0.25, 0.3) is 5.91 Å². The van der Waals surface area contributed by atoms with Gasteiger partial charge in [0.05, 0.1) is 24.3 Å². The van der Waals surface area contributed by atoms with Crippen LogP contribution < -0.4 is 10.1 Å². The molecule has 3 atom stereocenters. The summed E-state index contributed by atoms with van der Waals surface area (Å²) in [5.74, 6) is -0.880. The number of rotatable bonds is 9. The Morgan fingerprint density at radius 2 is 1.94 bits per heavy atom. The molecule has 0 bridgehead atoms. The molecule has 1 amide bonds. The summed E-state index contributed by atoms with van der Waals surface area (Å²) < 4.78 is 30.9. The SMILES string of the molecule is CC(=O)c1ccc2c(c1)[C@H](NC(=O)c1ccc(F)c(Cl)c1)[C@H](OCOC[C@H](O)CO)C(C)(C)O2. The molecule has 3 N–H and O–H groups in total. The number of halogens is 2. The van der Waals surface area contributed by atoms with Crippen molar-refractivity contribution in [1.82, 2.24) is 5.32 Å². The highest BCUT2D eigenvalue weighted by molar-refractivity contribution is 6.31. The molecule has 0 saturated heterocycles. The first-order valence-corrected chi connectivity index (χ1v) is 11.0. The van der Waals surface area contributed by atoms with Gasteiger partial charge in [-0.25, -0.2) is 4.39 Å². The van der Waals surface area contributed by atoms with E-state index in [-0.39, 0.29) is 29.8 Å². The van der Waals surface area contributed by atoms with Gasteiger partial charge in [-0.1, -0.05) is 11.6 Å². The monoisotopic (exact) mass is 495 g/mol. The van der Waals surface area contributed by atoms with Crippen LogP contribution in [-0.4, -0.2) is 59.7 Å². The summed E-state index contributed by atoms with van der Waals surface area (Å²) in [7, 11) is 0. The van der Waals surface area contributed by atoms with Gasteiger partial charge in [-0.05, 0) is 57.2 Å². The lowest BCUT2D eigenvalue weighted by molar-refractivity contribution is -0.169. The van der Waals surface area contributed by atoms with Crippen molar-refractivity contribution in [2.24, 2.45) is 0 Å². The number of ketones is 1. The van der Waals surface area contributed by atoms with E-state index in [1.54, 1.807) is 32.0 Å². The van der Waals surface area contributed by atoms with Gasteiger partial charge in [0.15, 0.2) is 5.78 Å². The minimum atomic E-state index is -1.06.